The third kappa shape index (κ3) is 5.28. The van der Waals surface area contributed by atoms with Gasteiger partial charge in [0.15, 0.2) is 22.8 Å². The summed E-state index contributed by atoms with van der Waals surface area (Å²) in [6.07, 6.45) is 5.13. The number of carbonyl (C=O) groups is 1. The summed E-state index contributed by atoms with van der Waals surface area (Å²) >= 11 is 0. The molecule has 2 aliphatic heterocycles. The molecule has 10 heteroatoms. The highest BCUT2D eigenvalue weighted by molar-refractivity contribution is 5.91. The maximum Gasteiger partial charge on any atom is 0.302 e. The smallest absolute Gasteiger partial charge is 0.302 e. The van der Waals surface area contributed by atoms with Gasteiger partial charge in [-0.1, -0.05) is 30.3 Å². The largest absolute Gasteiger partial charge is 0.485 e. The Labute approximate surface area is 238 Å². The predicted octanol–water partition coefficient (Wildman–Crippen LogP) is 4.56. The number of piperidine rings is 1. The number of likely N-dealkylation sites (tertiary alicyclic amines) is 1. The first-order chi connectivity index (χ1) is 19.9. The molecule has 10 nitrogen and oxygen atoms in total. The normalized spacial score (nSPS) is 18.6. The van der Waals surface area contributed by atoms with Gasteiger partial charge in [-0.25, -0.2) is 9.83 Å². The Kier molecular flexibility index (Phi) is 7.20. The van der Waals surface area contributed by atoms with E-state index in [9.17, 15) is 4.79 Å². The lowest BCUT2D eigenvalue weighted by Gasteiger charge is -2.29. The Morgan fingerprint density at radius 2 is 1.98 bits per heavy atom. The molecule has 0 bridgehead atoms. The van der Waals surface area contributed by atoms with Crippen molar-refractivity contribution in [2.75, 3.05) is 47.4 Å². The van der Waals surface area contributed by atoms with Gasteiger partial charge in [0.05, 0.1) is 24.4 Å². The second-order valence-electron chi connectivity index (χ2n) is 10.8. The minimum absolute atomic E-state index is 0.150. The second kappa shape index (κ2) is 11.1. The molecule has 1 saturated heterocycles. The van der Waals surface area contributed by atoms with E-state index in [-0.39, 0.29) is 12.5 Å². The molecule has 0 radical (unpaired) electrons. The number of amides is 1. The van der Waals surface area contributed by atoms with Gasteiger partial charge in [0.2, 0.25) is 6.10 Å². The highest BCUT2D eigenvalue weighted by Crippen LogP contribution is 2.41. The summed E-state index contributed by atoms with van der Waals surface area (Å²) in [5.74, 6) is 1.31. The average molecular weight is 553 g/mol. The van der Waals surface area contributed by atoms with Gasteiger partial charge in [0.1, 0.15) is 6.61 Å². The molecule has 2 aromatic heterocycles. The fraction of sp³-hybridized carbons (Fsp3) is 0.355. The molecule has 1 fully saturated rings. The lowest BCUT2D eigenvalue weighted by atomic mass is 9.99. The first-order valence-corrected chi connectivity index (χ1v) is 13.7. The van der Waals surface area contributed by atoms with Gasteiger partial charge in [-0.05, 0) is 49.7 Å². The van der Waals surface area contributed by atoms with Crippen molar-refractivity contribution in [1.82, 2.24) is 24.2 Å². The number of nitrogens with zero attached hydrogens (tertiary/aromatic N) is 6. The molecule has 0 aliphatic carbocycles. The summed E-state index contributed by atoms with van der Waals surface area (Å²) in [7, 11) is 5.53. The molecule has 210 valence electrons. The number of fused-ring (bicyclic) bond motifs is 2. The first kappa shape index (κ1) is 26.6. The lowest BCUT2D eigenvalue weighted by molar-refractivity contribution is -0.138. The highest BCUT2D eigenvalue weighted by atomic mass is 16.6. The van der Waals surface area contributed by atoms with Crippen LogP contribution < -0.4 is 14.2 Å². The number of likely N-dealkylation sites (N-methyl/N-ethyl adjacent to an activating group) is 1. The van der Waals surface area contributed by atoms with Crippen LogP contribution in [0.2, 0.25) is 0 Å². The van der Waals surface area contributed by atoms with Crippen molar-refractivity contribution in [3.05, 3.63) is 66.3 Å². The molecule has 2 aromatic carbocycles. The number of hydrogen-bond acceptors (Lipinski definition) is 7. The van der Waals surface area contributed by atoms with Crippen LogP contribution in [-0.2, 0) is 4.79 Å². The first-order valence-electron chi connectivity index (χ1n) is 13.7. The molecule has 0 N–H and O–H groups in total. The Hall–Kier alpha value is -4.62. The van der Waals surface area contributed by atoms with E-state index in [0.717, 1.165) is 42.6 Å². The summed E-state index contributed by atoms with van der Waals surface area (Å²) in [6, 6.07) is 13.5. The van der Waals surface area contributed by atoms with Crippen molar-refractivity contribution >= 4 is 17.2 Å². The van der Waals surface area contributed by atoms with Gasteiger partial charge in [-0.15, -0.1) is 0 Å². The van der Waals surface area contributed by atoms with Crippen LogP contribution >= 0.6 is 0 Å². The summed E-state index contributed by atoms with van der Waals surface area (Å²) in [5.41, 5.74) is 4.31. The Bertz CT molecular complexity index is 1620. The maximum absolute atomic E-state index is 12.6. The van der Waals surface area contributed by atoms with Crippen LogP contribution in [0.25, 0.3) is 32.9 Å². The summed E-state index contributed by atoms with van der Waals surface area (Å²) < 4.78 is 20.2. The molecular weight excluding hydrogens is 520 g/mol. The number of aromatic nitrogens is 3. The molecule has 4 heterocycles. The van der Waals surface area contributed by atoms with Gasteiger partial charge < -0.3 is 24.0 Å². The quantitative estimate of drug-likeness (QED) is 0.324. The third-order valence-corrected chi connectivity index (χ3v) is 7.56. The van der Waals surface area contributed by atoms with Crippen LogP contribution in [0.1, 0.15) is 12.8 Å². The van der Waals surface area contributed by atoms with E-state index in [1.54, 1.807) is 32.4 Å². The average Bonchev–Trinajstić information content (AvgIpc) is 3.49. The van der Waals surface area contributed by atoms with E-state index in [4.69, 9.17) is 30.8 Å². The fourth-order valence-electron chi connectivity index (χ4n) is 5.46. The molecule has 2 aliphatic rings. The van der Waals surface area contributed by atoms with Crippen molar-refractivity contribution < 1.29 is 19.0 Å². The topological polar surface area (TPSA) is 85.8 Å². The van der Waals surface area contributed by atoms with E-state index >= 15 is 0 Å². The highest BCUT2D eigenvalue weighted by Gasteiger charge is 2.30. The predicted molar refractivity (Wildman–Crippen MR) is 154 cm³/mol. The van der Waals surface area contributed by atoms with Gasteiger partial charge in [0, 0.05) is 39.0 Å². The summed E-state index contributed by atoms with van der Waals surface area (Å²) in [5, 5.41) is 0. The van der Waals surface area contributed by atoms with Crippen molar-refractivity contribution in [1.29, 1.82) is 0 Å². The van der Waals surface area contributed by atoms with Crippen LogP contribution in [0.3, 0.4) is 0 Å². The number of benzene rings is 2. The molecule has 0 spiro atoms. The monoisotopic (exact) mass is 552 g/mol. The molecule has 1 unspecified atom stereocenters. The maximum atomic E-state index is 12.6. The van der Waals surface area contributed by atoms with Gasteiger partial charge in [-0.3, -0.25) is 9.20 Å². The van der Waals surface area contributed by atoms with E-state index in [2.05, 4.69) is 16.8 Å². The van der Waals surface area contributed by atoms with Gasteiger partial charge in [0.25, 0.3) is 5.91 Å². The zero-order valence-corrected chi connectivity index (χ0v) is 23.4. The van der Waals surface area contributed by atoms with Crippen molar-refractivity contribution in [3.8, 4) is 39.9 Å². The van der Waals surface area contributed by atoms with Gasteiger partial charge >= 0.3 is 6.01 Å². The van der Waals surface area contributed by atoms with Gasteiger partial charge in [-0.2, -0.15) is 4.98 Å². The van der Waals surface area contributed by atoms with Crippen molar-refractivity contribution in [3.63, 3.8) is 0 Å². The fourth-order valence-corrected chi connectivity index (χ4v) is 5.46. The number of ether oxygens (including phenoxy) is 3. The lowest BCUT2D eigenvalue weighted by Crippen LogP contribution is -2.43. The van der Waals surface area contributed by atoms with E-state index in [1.165, 1.54) is 4.90 Å². The van der Waals surface area contributed by atoms with Crippen molar-refractivity contribution in [2.24, 2.45) is 5.92 Å². The zero-order valence-electron chi connectivity index (χ0n) is 23.4. The van der Waals surface area contributed by atoms with Crippen LogP contribution in [0.5, 0.6) is 17.5 Å². The van der Waals surface area contributed by atoms with E-state index < -0.39 is 6.10 Å². The number of imidazole rings is 1. The van der Waals surface area contributed by atoms with Crippen LogP contribution in [0.4, 0.5) is 5.69 Å². The third-order valence-electron chi connectivity index (χ3n) is 7.56. The number of rotatable bonds is 6. The Balaban J connectivity index is 1.44. The molecule has 0 saturated carbocycles. The Morgan fingerprint density at radius 3 is 2.73 bits per heavy atom. The molecule has 1 amide bonds. The second-order valence-corrected chi connectivity index (χ2v) is 10.8. The minimum atomic E-state index is -0.729. The number of carbonyl (C=O) groups excluding carboxylic acids is 1. The standard InChI is InChI=1S/C31H32N6O4/c1-32-23-10-7-21(8-11-23)28-27(22-9-12-24-25(16-22)41-26(19-39-24)30(38)35(2)3)29-33-13-15-37(29)31(34-28)40-18-20-6-5-14-36(4)17-20/h7-13,15-16,20,26H,5-6,14,17-19H2,2-4H3/t20-,26?/m1/s1. The zero-order chi connectivity index (χ0) is 28.5. The van der Waals surface area contributed by atoms with E-state index in [1.807, 2.05) is 40.9 Å². The SMILES string of the molecule is [C-]#[N+]c1ccc(-c2nc(OC[C@@H]3CCCN(C)C3)n3ccnc3c2-c2ccc3c(c2)OC(C(=O)N(C)C)CO3)cc1. The molecule has 4 aromatic rings. The Morgan fingerprint density at radius 1 is 1.17 bits per heavy atom. The molecule has 41 heavy (non-hydrogen) atoms. The van der Waals surface area contributed by atoms with Crippen LogP contribution in [0.15, 0.2) is 54.9 Å². The van der Waals surface area contributed by atoms with Crippen molar-refractivity contribution in [2.45, 2.75) is 18.9 Å². The minimum Gasteiger partial charge on any atom is -0.485 e. The molecule has 2 atom stereocenters. The summed E-state index contributed by atoms with van der Waals surface area (Å²) in [6.45, 7) is 10.2. The van der Waals surface area contributed by atoms with Crippen LogP contribution in [-0.4, -0.2) is 83.6 Å². The van der Waals surface area contributed by atoms with E-state index in [0.29, 0.717) is 47.1 Å². The van der Waals surface area contributed by atoms with Crippen LogP contribution in [0, 0.1) is 12.5 Å². The number of hydrogen-bond donors (Lipinski definition) is 0. The summed E-state index contributed by atoms with van der Waals surface area (Å²) in [4.78, 5) is 29.7. The molecule has 6 rings (SSSR count). The molecular formula is C31H32N6O4.